The maximum Gasteiger partial charge on any atom is 0.412 e. The largest absolute Gasteiger partial charge is 0.491 e. The molecule has 3 N–H and O–H groups in total. The van der Waals surface area contributed by atoms with Crippen LogP contribution < -0.4 is 20.7 Å². The minimum absolute atomic E-state index is 0.446. The molecule has 186 valence electrons. The average Bonchev–Trinajstić information content (AvgIpc) is 2.79. The Morgan fingerprint density at radius 1 is 1.00 bits per heavy atom. The monoisotopic (exact) mass is 497 g/mol. The molecule has 3 aromatic rings. The zero-order valence-corrected chi connectivity index (χ0v) is 21.4. The Labute approximate surface area is 210 Å². The lowest BCUT2D eigenvalue weighted by atomic mass is 10.2. The number of methoxy groups -OCH3 is 1. The highest BCUT2D eigenvalue weighted by Gasteiger charge is 2.16. The fourth-order valence-corrected chi connectivity index (χ4v) is 3.36. The summed E-state index contributed by atoms with van der Waals surface area (Å²) >= 11 is 1.53. The number of thioether (sulfide) groups is 1. The van der Waals surface area contributed by atoms with Gasteiger partial charge in [0.15, 0.2) is 0 Å². The van der Waals surface area contributed by atoms with Crippen molar-refractivity contribution in [1.29, 1.82) is 0 Å². The number of ether oxygens (including phenoxy) is 3. The first-order chi connectivity index (χ1) is 16.8. The summed E-state index contributed by atoms with van der Waals surface area (Å²) in [5.41, 5.74) is 1.62. The van der Waals surface area contributed by atoms with Gasteiger partial charge in [0.25, 0.3) is 0 Å². The van der Waals surface area contributed by atoms with Gasteiger partial charge in [0, 0.05) is 30.4 Å². The van der Waals surface area contributed by atoms with E-state index in [4.69, 9.17) is 14.2 Å². The lowest BCUT2D eigenvalue weighted by Crippen LogP contribution is -2.27. The maximum atomic E-state index is 12.1. The lowest BCUT2D eigenvalue weighted by molar-refractivity contribution is 0.0636. The highest BCUT2D eigenvalue weighted by molar-refractivity contribution is 7.98. The predicted molar refractivity (Wildman–Crippen MR) is 140 cm³/mol. The van der Waals surface area contributed by atoms with Gasteiger partial charge >= 0.3 is 6.09 Å². The van der Waals surface area contributed by atoms with E-state index in [0.717, 1.165) is 22.0 Å². The second-order valence-electron chi connectivity index (χ2n) is 8.43. The van der Waals surface area contributed by atoms with Crippen molar-refractivity contribution in [3.05, 3.63) is 54.7 Å². The van der Waals surface area contributed by atoms with Crippen LogP contribution in [0.4, 0.5) is 33.6 Å². The normalized spacial score (nSPS) is 11.0. The van der Waals surface area contributed by atoms with Crippen molar-refractivity contribution >= 4 is 46.7 Å². The Hall–Kier alpha value is -3.50. The summed E-state index contributed by atoms with van der Waals surface area (Å²) in [6, 6.07) is 14.9. The van der Waals surface area contributed by atoms with Crippen molar-refractivity contribution in [2.45, 2.75) is 31.3 Å². The van der Waals surface area contributed by atoms with Crippen molar-refractivity contribution in [3.8, 4) is 5.75 Å². The summed E-state index contributed by atoms with van der Waals surface area (Å²) in [5.74, 6) is 1.85. The van der Waals surface area contributed by atoms with Crippen LogP contribution in [0.2, 0.25) is 0 Å². The Morgan fingerprint density at radius 2 is 1.74 bits per heavy atom. The molecule has 0 atom stereocenters. The summed E-state index contributed by atoms with van der Waals surface area (Å²) in [6.07, 6.45) is 3.20. The van der Waals surface area contributed by atoms with E-state index >= 15 is 0 Å². The first kappa shape index (κ1) is 26.1. The van der Waals surface area contributed by atoms with Crippen LogP contribution in [0, 0.1) is 0 Å². The number of rotatable bonds is 10. The third kappa shape index (κ3) is 8.66. The molecule has 0 bridgehead atoms. The van der Waals surface area contributed by atoms with E-state index in [2.05, 4.69) is 25.9 Å². The second-order valence-corrected chi connectivity index (χ2v) is 9.28. The number of carbonyl (C=O) groups excluding carboxylic acids is 1. The zero-order valence-electron chi connectivity index (χ0n) is 20.5. The van der Waals surface area contributed by atoms with Crippen LogP contribution in [0.5, 0.6) is 5.75 Å². The first-order valence-corrected chi connectivity index (χ1v) is 12.2. The van der Waals surface area contributed by atoms with Crippen molar-refractivity contribution in [2.75, 3.05) is 42.5 Å². The highest BCUT2D eigenvalue weighted by atomic mass is 32.2. The summed E-state index contributed by atoms with van der Waals surface area (Å²) in [6.45, 7) is 6.48. The van der Waals surface area contributed by atoms with Crippen molar-refractivity contribution in [2.24, 2.45) is 0 Å². The van der Waals surface area contributed by atoms with Crippen LogP contribution >= 0.6 is 11.8 Å². The number of hydrogen-bond acceptors (Lipinski definition) is 9. The van der Waals surface area contributed by atoms with Crippen LogP contribution in [0.1, 0.15) is 20.8 Å². The fourth-order valence-electron chi connectivity index (χ4n) is 2.91. The smallest absolute Gasteiger partial charge is 0.412 e. The Morgan fingerprint density at radius 3 is 2.43 bits per heavy atom. The quantitative estimate of drug-likeness (QED) is 0.228. The van der Waals surface area contributed by atoms with E-state index < -0.39 is 11.7 Å². The second kappa shape index (κ2) is 12.3. The van der Waals surface area contributed by atoms with Crippen molar-refractivity contribution in [3.63, 3.8) is 0 Å². The van der Waals surface area contributed by atoms with E-state index in [1.807, 2.05) is 69.5 Å². The van der Waals surface area contributed by atoms with E-state index in [1.54, 1.807) is 19.4 Å². The van der Waals surface area contributed by atoms with E-state index in [-0.39, 0.29) is 0 Å². The van der Waals surface area contributed by atoms with Crippen LogP contribution in [-0.4, -0.2) is 48.2 Å². The van der Waals surface area contributed by atoms with Gasteiger partial charge in [-0.25, -0.2) is 9.78 Å². The molecule has 1 amide bonds. The number of anilines is 5. The van der Waals surface area contributed by atoms with Gasteiger partial charge in [-0.2, -0.15) is 4.98 Å². The van der Waals surface area contributed by atoms with Crippen LogP contribution in [0.3, 0.4) is 0 Å². The molecule has 0 aliphatic carbocycles. The van der Waals surface area contributed by atoms with E-state index in [9.17, 15) is 4.79 Å². The molecule has 1 aromatic heterocycles. The van der Waals surface area contributed by atoms with E-state index in [0.29, 0.717) is 30.7 Å². The molecule has 0 unspecified atom stereocenters. The molecule has 0 saturated heterocycles. The SMILES string of the molecule is COCCOc1ccc(Nc2ncc(SC)c(Nc3cccc(NC(=O)OC(C)(C)C)c3)n2)cc1. The maximum absolute atomic E-state index is 12.1. The van der Waals surface area contributed by atoms with Crippen LogP contribution in [0.25, 0.3) is 0 Å². The van der Waals surface area contributed by atoms with Crippen molar-refractivity contribution in [1.82, 2.24) is 9.97 Å². The molecule has 10 heteroatoms. The molecule has 0 fully saturated rings. The molecule has 0 aliphatic rings. The Bertz CT molecular complexity index is 1120. The Balaban J connectivity index is 1.70. The fraction of sp³-hybridized carbons (Fsp3) is 0.320. The molecular weight excluding hydrogens is 466 g/mol. The third-order valence-electron chi connectivity index (χ3n) is 4.41. The Kier molecular flexibility index (Phi) is 9.16. The summed E-state index contributed by atoms with van der Waals surface area (Å²) < 4.78 is 15.9. The molecule has 9 nitrogen and oxygen atoms in total. The third-order valence-corrected chi connectivity index (χ3v) is 5.15. The predicted octanol–water partition coefficient (Wildman–Crippen LogP) is 6.06. The number of nitrogens with zero attached hydrogens (tertiary/aromatic N) is 2. The number of benzene rings is 2. The van der Waals surface area contributed by atoms with Gasteiger partial charge in [-0.05, 0) is 69.5 Å². The number of amides is 1. The van der Waals surface area contributed by atoms with Crippen LogP contribution in [0.15, 0.2) is 59.6 Å². The van der Waals surface area contributed by atoms with Gasteiger partial charge < -0.3 is 24.8 Å². The minimum atomic E-state index is -0.574. The summed E-state index contributed by atoms with van der Waals surface area (Å²) in [7, 11) is 1.64. The van der Waals surface area contributed by atoms with Gasteiger partial charge in [0.05, 0.1) is 11.5 Å². The average molecular weight is 498 g/mol. The number of aromatic nitrogens is 2. The van der Waals surface area contributed by atoms with Gasteiger partial charge in [0.2, 0.25) is 5.95 Å². The summed E-state index contributed by atoms with van der Waals surface area (Å²) in [5, 5.41) is 9.27. The number of hydrogen-bond donors (Lipinski definition) is 3. The van der Waals surface area contributed by atoms with Crippen LogP contribution in [-0.2, 0) is 9.47 Å². The highest BCUT2D eigenvalue weighted by Crippen LogP contribution is 2.29. The van der Waals surface area contributed by atoms with Crippen molar-refractivity contribution < 1.29 is 19.0 Å². The van der Waals surface area contributed by atoms with Gasteiger partial charge in [-0.15, -0.1) is 11.8 Å². The molecule has 0 radical (unpaired) electrons. The summed E-state index contributed by atoms with van der Waals surface area (Å²) in [4.78, 5) is 22.0. The van der Waals surface area contributed by atoms with Gasteiger partial charge in [-0.1, -0.05) is 6.07 Å². The molecule has 35 heavy (non-hydrogen) atoms. The topological polar surface area (TPSA) is 107 Å². The zero-order chi connectivity index (χ0) is 25.3. The standard InChI is InChI=1S/C25H31N5O4S/c1-25(2,3)34-24(31)29-19-8-6-7-18(15-19)27-22-21(35-5)16-26-23(30-22)28-17-9-11-20(12-10-17)33-14-13-32-4/h6-12,15-16H,13-14H2,1-5H3,(H,29,31)(H2,26,27,28,30). The lowest BCUT2D eigenvalue weighted by Gasteiger charge is -2.20. The van der Waals surface area contributed by atoms with Gasteiger partial charge in [0.1, 0.15) is 23.8 Å². The molecule has 0 saturated carbocycles. The number of nitrogens with one attached hydrogen (secondary N) is 3. The molecule has 2 aromatic carbocycles. The minimum Gasteiger partial charge on any atom is -0.491 e. The molecule has 0 aliphatic heterocycles. The number of carbonyl (C=O) groups is 1. The molecular formula is C25H31N5O4S. The molecule has 3 rings (SSSR count). The van der Waals surface area contributed by atoms with Gasteiger partial charge in [-0.3, -0.25) is 5.32 Å². The first-order valence-electron chi connectivity index (χ1n) is 11.0. The molecule has 1 heterocycles. The van der Waals surface area contributed by atoms with E-state index in [1.165, 1.54) is 11.8 Å². The molecule has 0 spiro atoms.